The van der Waals surface area contributed by atoms with Crippen molar-refractivity contribution in [2.24, 2.45) is 5.92 Å². The Balaban J connectivity index is 1.50. The first-order valence-electron chi connectivity index (χ1n) is 9.69. The molecule has 2 aliphatic rings. The average molecular weight is 389 g/mol. The lowest BCUT2D eigenvalue weighted by Crippen LogP contribution is -2.59. The van der Waals surface area contributed by atoms with Gasteiger partial charge in [0.25, 0.3) is 0 Å². The summed E-state index contributed by atoms with van der Waals surface area (Å²) in [5.74, 6) is 1.12. The van der Waals surface area contributed by atoms with E-state index in [0.29, 0.717) is 11.7 Å². The molecule has 6 nitrogen and oxygen atoms in total. The molecule has 4 rings (SSSR count). The monoisotopic (exact) mass is 388 g/mol. The summed E-state index contributed by atoms with van der Waals surface area (Å²) in [5.41, 5.74) is 2.16. The van der Waals surface area contributed by atoms with Crippen LogP contribution in [-0.4, -0.2) is 71.2 Å². The zero-order valence-corrected chi connectivity index (χ0v) is 16.8. The van der Waals surface area contributed by atoms with Gasteiger partial charge in [-0.25, -0.2) is 13.1 Å². The number of rotatable bonds is 5. The Morgan fingerprint density at radius 1 is 1.07 bits per heavy atom. The van der Waals surface area contributed by atoms with Gasteiger partial charge in [-0.1, -0.05) is 32.0 Å². The van der Waals surface area contributed by atoms with Gasteiger partial charge in [0.15, 0.2) is 9.84 Å². The number of nitrogens with zero attached hydrogens (tertiary/aromatic N) is 4. The van der Waals surface area contributed by atoms with Gasteiger partial charge in [-0.15, -0.1) is 0 Å². The van der Waals surface area contributed by atoms with Crippen LogP contribution in [0.15, 0.2) is 42.7 Å². The molecule has 1 aromatic carbocycles. The van der Waals surface area contributed by atoms with E-state index in [1.807, 2.05) is 47.4 Å². The summed E-state index contributed by atoms with van der Waals surface area (Å²) in [6.45, 7) is 7.95. The molecule has 0 aliphatic carbocycles. The van der Waals surface area contributed by atoms with Crippen LogP contribution in [0.4, 0.5) is 0 Å². The third-order valence-corrected chi connectivity index (χ3v) is 7.25. The molecule has 2 aliphatic heterocycles. The van der Waals surface area contributed by atoms with Crippen LogP contribution in [0.2, 0.25) is 0 Å². The summed E-state index contributed by atoms with van der Waals surface area (Å²) in [5, 5.41) is 4.48. The van der Waals surface area contributed by atoms with Crippen molar-refractivity contribution in [2.75, 3.05) is 31.1 Å². The SMILES string of the molecule is CC(C)CN1CCN(Cc2cnn(-c3ccccc3)c2)[C@@H]2CS(=O)(=O)C[C@@H]21. The highest BCUT2D eigenvalue weighted by Gasteiger charge is 2.46. The lowest BCUT2D eigenvalue weighted by atomic mass is 10.0. The smallest absolute Gasteiger partial charge is 0.153 e. The lowest BCUT2D eigenvalue weighted by Gasteiger charge is -2.44. The summed E-state index contributed by atoms with van der Waals surface area (Å²) >= 11 is 0. The summed E-state index contributed by atoms with van der Waals surface area (Å²) in [4.78, 5) is 4.74. The van der Waals surface area contributed by atoms with E-state index in [4.69, 9.17) is 0 Å². The van der Waals surface area contributed by atoms with E-state index < -0.39 is 9.84 Å². The molecule has 2 saturated heterocycles. The molecule has 2 atom stereocenters. The first-order chi connectivity index (χ1) is 12.9. The predicted octanol–water partition coefficient (Wildman–Crippen LogP) is 1.81. The molecule has 0 bridgehead atoms. The van der Waals surface area contributed by atoms with E-state index in [1.54, 1.807) is 0 Å². The van der Waals surface area contributed by atoms with Gasteiger partial charge in [0.1, 0.15) is 0 Å². The van der Waals surface area contributed by atoms with E-state index >= 15 is 0 Å². The van der Waals surface area contributed by atoms with Gasteiger partial charge < -0.3 is 0 Å². The van der Waals surface area contributed by atoms with Crippen molar-refractivity contribution in [1.29, 1.82) is 0 Å². The minimum absolute atomic E-state index is 0.0857. The second kappa shape index (κ2) is 7.37. The first kappa shape index (κ1) is 18.7. The maximum atomic E-state index is 12.3. The highest BCUT2D eigenvalue weighted by Crippen LogP contribution is 2.28. The normalized spacial score (nSPS) is 25.7. The van der Waals surface area contributed by atoms with Crippen LogP contribution in [0.25, 0.3) is 5.69 Å². The molecular formula is C20H28N4O2S. The van der Waals surface area contributed by atoms with E-state index in [1.165, 1.54) is 0 Å². The van der Waals surface area contributed by atoms with Gasteiger partial charge in [-0.3, -0.25) is 9.80 Å². The Morgan fingerprint density at radius 2 is 1.74 bits per heavy atom. The Morgan fingerprint density at radius 3 is 2.44 bits per heavy atom. The van der Waals surface area contributed by atoms with Crippen molar-refractivity contribution >= 4 is 9.84 Å². The summed E-state index contributed by atoms with van der Waals surface area (Å²) in [6, 6.07) is 10.3. The molecule has 0 saturated carbocycles. The number of hydrogen-bond donors (Lipinski definition) is 0. The fraction of sp³-hybridized carbons (Fsp3) is 0.550. The molecule has 146 valence electrons. The minimum atomic E-state index is -2.96. The second-order valence-electron chi connectivity index (χ2n) is 8.20. The summed E-state index contributed by atoms with van der Waals surface area (Å²) < 4.78 is 26.6. The van der Waals surface area contributed by atoms with Gasteiger partial charge in [0.05, 0.1) is 23.4 Å². The molecule has 0 amide bonds. The summed E-state index contributed by atoms with van der Waals surface area (Å²) in [6.07, 6.45) is 3.94. The lowest BCUT2D eigenvalue weighted by molar-refractivity contribution is 0.0337. The van der Waals surface area contributed by atoms with Crippen molar-refractivity contribution in [3.05, 3.63) is 48.3 Å². The number of para-hydroxylation sites is 1. The molecular weight excluding hydrogens is 360 g/mol. The van der Waals surface area contributed by atoms with Gasteiger partial charge in [0.2, 0.25) is 0 Å². The molecule has 2 fully saturated rings. The molecule has 2 aromatic rings. The van der Waals surface area contributed by atoms with Crippen LogP contribution in [-0.2, 0) is 16.4 Å². The van der Waals surface area contributed by atoms with Crippen molar-refractivity contribution in [1.82, 2.24) is 19.6 Å². The van der Waals surface area contributed by atoms with E-state index in [0.717, 1.165) is 37.4 Å². The quantitative estimate of drug-likeness (QED) is 0.782. The fourth-order valence-electron chi connectivity index (χ4n) is 4.39. The Hall–Kier alpha value is -1.70. The van der Waals surface area contributed by atoms with Crippen LogP contribution in [0.3, 0.4) is 0 Å². The second-order valence-corrected chi connectivity index (χ2v) is 10.4. The van der Waals surface area contributed by atoms with Gasteiger partial charge in [-0.05, 0) is 18.1 Å². The van der Waals surface area contributed by atoms with Crippen LogP contribution in [0.5, 0.6) is 0 Å². The van der Waals surface area contributed by atoms with Gasteiger partial charge >= 0.3 is 0 Å². The predicted molar refractivity (Wildman–Crippen MR) is 107 cm³/mol. The number of benzene rings is 1. The number of sulfone groups is 1. The number of piperazine rings is 1. The zero-order chi connectivity index (χ0) is 19.0. The largest absolute Gasteiger partial charge is 0.296 e. The molecule has 1 aromatic heterocycles. The molecule has 0 N–H and O–H groups in total. The summed E-state index contributed by atoms with van der Waals surface area (Å²) in [7, 11) is -2.96. The maximum absolute atomic E-state index is 12.3. The van der Waals surface area contributed by atoms with Crippen LogP contribution in [0, 0.1) is 5.92 Å². The fourth-order valence-corrected chi connectivity index (χ4v) is 6.43. The average Bonchev–Trinajstić information content (AvgIpc) is 3.21. The zero-order valence-electron chi connectivity index (χ0n) is 16.0. The van der Waals surface area contributed by atoms with E-state index in [9.17, 15) is 8.42 Å². The molecule has 0 unspecified atom stereocenters. The van der Waals surface area contributed by atoms with Gasteiger partial charge in [0, 0.05) is 50.0 Å². The third kappa shape index (κ3) is 4.10. The maximum Gasteiger partial charge on any atom is 0.153 e. The first-order valence-corrected chi connectivity index (χ1v) is 11.5. The molecule has 27 heavy (non-hydrogen) atoms. The number of hydrogen-bond acceptors (Lipinski definition) is 5. The van der Waals surface area contributed by atoms with Crippen molar-refractivity contribution in [3.8, 4) is 5.69 Å². The molecule has 0 radical (unpaired) electrons. The highest BCUT2D eigenvalue weighted by atomic mass is 32.2. The van der Waals surface area contributed by atoms with E-state index in [-0.39, 0.29) is 17.8 Å². The minimum Gasteiger partial charge on any atom is -0.296 e. The van der Waals surface area contributed by atoms with E-state index in [2.05, 4.69) is 28.7 Å². The standard InChI is InChI=1S/C20H28N4O2S/c1-16(2)11-22-8-9-23(20-15-27(25,26)14-19(20)22)12-17-10-21-24(13-17)18-6-4-3-5-7-18/h3-7,10,13,16,19-20H,8-9,11-12,14-15H2,1-2H3/t19-,20+/m0/s1. The third-order valence-electron chi connectivity index (χ3n) is 5.55. The van der Waals surface area contributed by atoms with Gasteiger partial charge in [-0.2, -0.15) is 5.10 Å². The van der Waals surface area contributed by atoms with Crippen molar-refractivity contribution in [2.45, 2.75) is 32.5 Å². The van der Waals surface area contributed by atoms with Crippen molar-refractivity contribution in [3.63, 3.8) is 0 Å². The van der Waals surface area contributed by atoms with Crippen LogP contribution in [0.1, 0.15) is 19.4 Å². The van der Waals surface area contributed by atoms with Crippen LogP contribution >= 0.6 is 0 Å². The number of aromatic nitrogens is 2. The highest BCUT2D eigenvalue weighted by molar-refractivity contribution is 7.91. The Kier molecular flexibility index (Phi) is 5.09. The Bertz CT molecular complexity index is 878. The molecule has 3 heterocycles. The molecule has 0 spiro atoms. The van der Waals surface area contributed by atoms with Crippen molar-refractivity contribution < 1.29 is 8.42 Å². The topological polar surface area (TPSA) is 58.4 Å². The Labute approximate surface area is 161 Å². The van der Waals surface area contributed by atoms with Crippen LogP contribution < -0.4 is 0 Å². The number of fused-ring (bicyclic) bond motifs is 1. The molecule has 7 heteroatoms.